The van der Waals surface area contributed by atoms with Gasteiger partial charge in [-0.25, -0.2) is 15.0 Å². The molecule has 0 aliphatic heterocycles. The third kappa shape index (κ3) is 3.02. The summed E-state index contributed by atoms with van der Waals surface area (Å²) in [5.74, 6) is 1.60. The molecule has 126 valence electrons. The average molecular weight is 325 g/mol. The summed E-state index contributed by atoms with van der Waals surface area (Å²) in [6, 6.07) is 0. The highest BCUT2D eigenvalue weighted by Crippen LogP contribution is 2.30. The van der Waals surface area contributed by atoms with E-state index in [-0.39, 0.29) is 5.54 Å². The quantitative estimate of drug-likeness (QED) is 0.778. The molecular formula is C17H23N7. The number of fused-ring (bicyclic) bond motifs is 1. The van der Waals surface area contributed by atoms with E-state index in [1.807, 2.05) is 42.0 Å². The summed E-state index contributed by atoms with van der Waals surface area (Å²) in [6.07, 6.45) is 10.0. The highest BCUT2D eigenvalue weighted by Gasteiger charge is 2.21. The second-order valence-corrected chi connectivity index (χ2v) is 6.64. The highest BCUT2D eigenvalue weighted by atomic mass is 15.2. The molecule has 3 heterocycles. The summed E-state index contributed by atoms with van der Waals surface area (Å²) in [5.41, 5.74) is 2.44. The molecule has 0 saturated carbocycles. The van der Waals surface area contributed by atoms with E-state index >= 15 is 0 Å². The molecule has 0 amide bonds. The molecule has 3 aromatic heterocycles. The van der Waals surface area contributed by atoms with E-state index in [0.717, 1.165) is 29.1 Å². The lowest BCUT2D eigenvalue weighted by molar-refractivity contribution is 0.544. The summed E-state index contributed by atoms with van der Waals surface area (Å²) in [5, 5.41) is 3.60. The number of hydrogen-bond donors (Lipinski definition) is 1. The molecule has 0 saturated heterocycles. The van der Waals surface area contributed by atoms with Gasteiger partial charge in [0.2, 0.25) is 5.95 Å². The van der Waals surface area contributed by atoms with Gasteiger partial charge in [0.15, 0.2) is 5.65 Å². The van der Waals surface area contributed by atoms with Crippen molar-refractivity contribution in [3.63, 3.8) is 0 Å². The molecule has 7 nitrogen and oxygen atoms in total. The Morgan fingerprint density at radius 2 is 1.88 bits per heavy atom. The first kappa shape index (κ1) is 16.2. The largest absolute Gasteiger partial charge is 0.364 e. The minimum Gasteiger partial charge on any atom is -0.364 e. The first-order valence-corrected chi connectivity index (χ1v) is 8.01. The van der Waals surface area contributed by atoms with Gasteiger partial charge in [-0.05, 0) is 20.3 Å². The minimum atomic E-state index is -0.0571. The van der Waals surface area contributed by atoms with E-state index in [4.69, 9.17) is 4.98 Å². The van der Waals surface area contributed by atoms with Crippen LogP contribution in [0.5, 0.6) is 0 Å². The Balaban J connectivity index is 2.12. The van der Waals surface area contributed by atoms with E-state index in [2.05, 4.69) is 41.0 Å². The van der Waals surface area contributed by atoms with Crippen LogP contribution in [0.25, 0.3) is 16.9 Å². The van der Waals surface area contributed by atoms with Crippen LogP contribution in [-0.4, -0.2) is 44.0 Å². The number of nitrogens with zero attached hydrogens (tertiary/aromatic N) is 6. The van der Waals surface area contributed by atoms with Gasteiger partial charge in [0.1, 0.15) is 11.5 Å². The fraction of sp³-hybridized carbons (Fsp3) is 0.412. The lowest BCUT2D eigenvalue weighted by Crippen LogP contribution is -2.30. The number of aromatic nitrogens is 5. The normalized spacial score (nSPS) is 11.7. The lowest BCUT2D eigenvalue weighted by Gasteiger charge is -2.26. The van der Waals surface area contributed by atoms with E-state index in [0.29, 0.717) is 5.95 Å². The van der Waals surface area contributed by atoms with Gasteiger partial charge in [-0.2, -0.15) is 0 Å². The Kier molecular flexibility index (Phi) is 4.09. The fourth-order valence-electron chi connectivity index (χ4n) is 2.31. The molecular weight excluding hydrogens is 302 g/mol. The lowest BCUT2D eigenvalue weighted by atomic mass is 10.0. The average Bonchev–Trinajstić information content (AvgIpc) is 2.93. The van der Waals surface area contributed by atoms with Crippen molar-refractivity contribution in [3.8, 4) is 11.3 Å². The second-order valence-electron chi connectivity index (χ2n) is 6.64. The van der Waals surface area contributed by atoms with Crippen LogP contribution in [0.15, 0.2) is 31.0 Å². The van der Waals surface area contributed by atoms with Gasteiger partial charge in [-0.1, -0.05) is 6.92 Å². The predicted molar refractivity (Wildman–Crippen MR) is 96.3 cm³/mol. The molecule has 24 heavy (non-hydrogen) atoms. The van der Waals surface area contributed by atoms with Gasteiger partial charge in [-0.15, -0.1) is 0 Å². The Morgan fingerprint density at radius 3 is 2.50 bits per heavy atom. The minimum absolute atomic E-state index is 0.0571. The Labute approximate surface area is 141 Å². The standard InChI is InChI=1S/C17H23N7/c1-6-17(2,3)22-15-14(21-13-11-18-7-8-24(13)15)12-9-19-16(20-10-12)23(4)5/h7-11,22H,6H2,1-5H3. The number of imidazole rings is 1. The maximum Gasteiger partial charge on any atom is 0.224 e. The summed E-state index contributed by atoms with van der Waals surface area (Å²) in [7, 11) is 3.84. The van der Waals surface area contributed by atoms with Crippen LogP contribution in [0, 0.1) is 0 Å². The van der Waals surface area contributed by atoms with Gasteiger partial charge >= 0.3 is 0 Å². The van der Waals surface area contributed by atoms with Crippen molar-refractivity contribution < 1.29 is 0 Å². The van der Waals surface area contributed by atoms with Crippen molar-refractivity contribution >= 4 is 17.4 Å². The molecule has 1 N–H and O–H groups in total. The van der Waals surface area contributed by atoms with Crippen LogP contribution in [0.2, 0.25) is 0 Å². The molecule has 0 radical (unpaired) electrons. The third-order valence-corrected chi connectivity index (χ3v) is 4.08. The number of hydrogen-bond acceptors (Lipinski definition) is 6. The monoisotopic (exact) mass is 325 g/mol. The SMILES string of the molecule is CCC(C)(C)Nc1c(-c2cnc(N(C)C)nc2)nc2cnccn12. The molecule has 0 unspecified atom stereocenters. The number of nitrogens with one attached hydrogen (secondary N) is 1. The van der Waals surface area contributed by atoms with E-state index < -0.39 is 0 Å². The van der Waals surface area contributed by atoms with E-state index in [1.54, 1.807) is 12.4 Å². The van der Waals surface area contributed by atoms with Crippen LogP contribution in [0.1, 0.15) is 27.2 Å². The van der Waals surface area contributed by atoms with Crippen molar-refractivity contribution in [2.75, 3.05) is 24.3 Å². The molecule has 3 rings (SSSR count). The Morgan fingerprint density at radius 1 is 1.17 bits per heavy atom. The maximum absolute atomic E-state index is 4.72. The zero-order valence-corrected chi connectivity index (χ0v) is 14.8. The van der Waals surface area contributed by atoms with Crippen LogP contribution in [0.4, 0.5) is 11.8 Å². The fourth-order valence-corrected chi connectivity index (χ4v) is 2.31. The van der Waals surface area contributed by atoms with Crippen LogP contribution in [0.3, 0.4) is 0 Å². The van der Waals surface area contributed by atoms with Gasteiger partial charge in [0.25, 0.3) is 0 Å². The zero-order valence-electron chi connectivity index (χ0n) is 14.8. The summed E-state index contributed by atoms with van der Waals surface area (Å²) in [6.45, 7) is 6.50. The van der Waals surface area contributed by atoms with Crippen molar-refractivity contribution in [1.29, 1.82) is 0 Å². The second kappa shape index (κ2) is 6.07. The highest BCUT2D eigenvalue weighted by molar-refractivity contribution is 5.76. The number of anilines is 2. The van der Waals surface area contributed by atoms with Crippen LogP contribution < -0.4 is 10.2 Å². The molecule has 0 aliphatic carbocycles. The van der Waals surface area contributed by atoms with E-state index in [1.165, 1.54) is 0 Å². The third-order valence-electron chi connectivity index (χ3n) is 4.08. The van der Waals surface area contributed by atoms with Crippen molar-refractivity contribution in [2.45, 2.75) is 32.7 Å². The molecule has 3 aromatic rings. The molecule has 0 fully saturated rings. The topological polar surface area (TPSA) is 71.2 Å². The van der Waals surface area contributed by atoms with Crippen molar-refractivity contribution in [2.24, 2.45) is 0 Å². The van der Waals surface area contributed by atoms with Crippen molar-refractivity contribution in [3.05, 3.63) is 31.0 Å². The van der Waals surface area contributed by atoms with Crippen molar-refractivity contribution in [1.82, 2.24) is 24.3 Å². The summed E-state index contributed by atoms with van der Waals surface area (Å²) >= 11 is 0. The van der Waals surface area contributed by atoms with Crippen LogP contribution in [-0.2, 0) is 0 Å². The first-order valence-electron chi connectivity index (χ1n) is 8.01. The molecule has 0 spiro atoms. The molecule has 7 heteroatoms. The van der Waals surface area contributed by atoms with Crippen LogP contribution >= 0.6 is 0 Å². The number of rotatable bonds is 5. The predicted octanol–water partition coefficient (Wildman–Crippen LogP) is 2.85. The molecule has 0 atom stereocenters. The smallest absolute Gasteiger partial charge is 0.224 e. The van der Waals surface area contributed by atoms with E-state index in [9.17, 15) is 0 Å². The van der Waals surface area contributed by atoms with Gasteiger partial charge in [-0.3, -0.25) is 9.38 Å². The Hall–Kier alpha value is -2.70. The molecule has 0 bridgehead atoms. The van der Waals surface area contributed by atoms with Gasteiger partial charge < -0.3 is 10.2 Å². The Bertz CT molecular complexity index is 834. The maximum atomic E-state index is 4.72. The van der Waals surface area contributed by atoms with Gasteiger partial charge in [0.05, 0.1) is 6.20 Å². The first-order chi connectivity index (χ1) is 11.4. The van der Waals surface area contributed by atoms with Gasteiger partial charge in [0, 0.05) is 50.0 Å². The zero-order chi connectivity index (χ0) is 17.3. The summed E-state index contributed by atoms with van der Waals surface area (Å²) < 4.78 is 2.01. The molecule has 0 aliphatic rings. The molecule has 0 aromatic carbocycles. The summed E-state index contributed by atoms with van der Waals surface area (Å²) in [4.78, 5) is 19.6.